The molecule has 0 fully saturated rings. The van der Waals surface area contributed by atoms with Crippen LogP contribution in [0.15, 0.2) is 41.9 Å². The minimum atomic E-state index is 1.01. The average molecular weight is 205 g/mol. The molecule has 0 saturated carbocycles. The van der Waals surface area contributed by atoms with E-state index in [0.717, 1.165) is 5.69 Å². The van der Waals surface area contributed by atoms with Crippen LogP contribution in [0.1, 0.15) is 33.3 Å². The molecule has 0 unspecified atom stereocenters. The lowest BCUT2D eigenvalue weighted by atomic mass is 10.2. The Labute approximate surface area is 94.6 Å². The molecule has 1 nitrogen and oxygen atoms in total. The second-order valence-corrected chi connectivity index (χ2v) is 2.30. The average Bonchev–Trinajstić information content (AvgIpc) is 2.33. The molecule has 0 radical (unpaired) electrons. The Morgan fingerprint density at radius 1 is 1.07 bits per heavy atom. The van der Waals surface area contributed by atoms with Gasteiger partial charge in [0.05, 0.1) is 5.69 Å². The van der Waals surface area contributed by atoms with Gasteiger partial charge >= 0.3 is 0 Å². The molecular formula is C14H23N. The van der Waals surface area contributed by atoms with E-state index < -0.39 is 0 Å². The van der Waals surface area contributed by atoms with Crippen LogP contribution in [0.3, 0.4) is 0 Å². The normalized spacial score (nSPS) is 8.33. The number of rotatable bonds is 2. The number of aliphatic imine (C=N–C) groups is 1. The molecule has 15 heavy (non-hydrogen) atoms. The second kappa shape index (κ2) is 12.6. The van der Waals surface area contributed by atoms with Crippen molar-refractivity contribution in [1.29, 1.82) is 0 Å². The largest absolute Gasteiger partial charge is 0.257 e. The quantitative estimate of drug-likeness (QED) is 0.607. The van der Waals surface area contributed by atoms with Gasteiger partial charge in [0.1, 0.15) is 0 Å². The summed E-state index contributed by atoms with van der Waals surface area (Å²) in [7, 11) is 0. The van der Waals surface area contributed by atoms with Crippen molar-refractivity contribution in [3.8, 4) is 0 Å². The summed E-state index contributed by atoms with van der Waals surface area (Å²) in [5.74, 6) is 0. The van der Waals surface area contributed by atoms with Gasteiger partial charge in [-0.1, -0.05) is 58.5 Å². The van der Waals surface area contributed by atoms with Crippen LogP contribution in [-0.4, -0.2) is 6.21 Å². The summed E-state index contributed by atoms with van der Waals surface area (Å²) in [6, 6.07) is 8.00. The molecule has 0 aromatic heterocycles. The molecule has 1 aromatic carbocycles. The van der Waals surface area contributed by atoms with Gasteiger partial charge in [-0.25, -0.2) is 0 Å². The first-order valence-corrected chi connectivity index (χ1v) is 5.55. The van der Waals surface area contributed by atoms with Crippen molar-refractivity contribution < 1.29 is 0 Å². The molecule has 0 spiro atoms. The van der Waals surface area contributed by atoms with Crippen molar-refractivity contribution >= 4 is 11.9 Å². The van der Waals surface area contributed by atoms with Crippen LogP contribution in [0.2, 0.25) is 0 Å². The standard InChI is InChI=1S/C10H11N.2C2H6/c1-3-8-11-10-7-5-4-6-9(10)2;2*1-2/h3-8H,1H2,2H3;2*1-2H3. The maximum atomic E-state index is 4.18. The Morgan fingerprint density at radius 2 is 1.60 bits per heavy atom. The number of aryl methyl sites for hydroxylation is 1. The van der Waals surface area contributed by atoms with Gasteiger partial charge in [0.25, 0.3) is 0 Å². The Hall–Kier alpha value is -1.37. The summed E-state index contributed by atoms with van der Waals surface area (Å²) >= 11 is 0. The molecule has 1 rings (SSSR count). The van der Waals surface area contributed by atoms with E-state index in [1.54, 1.807) is 12.3 Å². The predicted octanol–water partition coefficient (Wildman–Crippen LogP) is 4.94. The monoisotopic (exact) mass is 205 g/mol. The molecule has 0 aliphatic heterocycles. The fraction of sp³-hybridized carbons (Fsp3) is 0.357. The second-order valence-electron chi connectivity index (χ2n) is 2.30. The number of nitrogens with zero attached hydrogens (tertiary/aromatic N) is 1. The summed E-state index contributed by atoms with van der Waals surface area (Å²) in [4.78, 5) is 4.18. The third kappa shape index (κ3) is 7.68. The molecule has 0 aliphatic rings. The fourth-order valence-electron chi connectivity index (χ4n) is 0.841. The topological polar surface area (TPSA) is 12.4 Å². The molecule has 1 heteroatoms. The Morgan fingerprint density at radius 3 is 2.07 bits per heavy atom. The highest BCUT2D eigenvalue weighted by Crippen LogP contribution is 2.15. The van der Waals surface area contributed by atoms with E-state index in [4.69, 9.17) is 0 Å². The predicted molar refractivity (Wildman–Crippen MR) is 72.2 cm³/mol. The Kier molecular flexibility index (Phi) is 13.5. The van der Waals surface area contributed by atoms with Crippen LogP contribution in [0.5, 0.6) is 0 Å². The highest BCUT2D eigenvalue weighted by Gasteiger charge is 1.89. The van der Waals surface area contributed by atoms with Crippen molar-refractivity contribution in [2.45, 2.75) is 34.6 Å². The van der Waals surface area contributed by atoms with Gasteiger partial charge in [-0.15, -0.1) is 0 Å². The van der Waals surface area contributed by atoms with Crippen LogP contribution >= 0.6 is 0 Å². The van der Waals surface area contributed by atoms with Gasteiger partial charge in [0, 0.05) is 6.21 Å². The van der Waals surface area contributed by atoms with Gasteiger partial charge in [-0.05, 0) is 18.6 Å². The fourth-order valence-corrected chi connectivity index (χ4v) is 0.841. The lowest BCUT2D eigenvalue weighted by molar-refractivity contribution is 1.41. The SMILES string of the molecule is C=CC=Nc1ccccc1C.CC.CC. The van der Waals surface area contributed by atoms with Crippen LogP contribution < -0.4 is 0 Å². The molecule has 0 amide bonds. The highest BCUT2D eigenvalue weighted by molar-refractivity contribution is 5.74. The zero-order valence-corrected chi connectivity index (χ0v) is 10.6. The number of allylic oxidation sites excluding steroid dienone is 1. The third-order valence-corrected chi connectivity index (χ3v) is 1.43. The Balaban J connectivity index is 0. The first-order valence-electron chi connectivity index (χ1n) is 5.55. The molecule has 1 aromatic rings. The lowest BCUT2D eigenvalue weighted by Crippen LogP contribution is -1.72. The van der Waals surface area contributed by atoms with Crippen LogP contribution in [0, 0.1) is 6.92 Å². The summed E-state index contributed by atoms with van der Waals surface area (Å²) in [6.07, 6.45) is 3.37. The number of hydrogen-bond donors (Lipinski definition) is 0. The highest BCUT2D eigenvalue weighted by atomic mass is 14.7. The first-order chi connectivity index (χ1) is 7.34. The number of hydrogen-bond acceptors (Lipinski definition) is 1. The molecule has 0 heterocycles. The van der Waals surface area contributed by atoms with Crippen molar-refractivity contribution in [2.24, 2.45) is 4.99 Å². The van der Waals surface area contributed by atoms with Crippen molar-refractivity contribution in [2.75, 3.05) is 0 Å². The zero-order valence-electron chi connectivity index (χ0n) is 10.6. The molecule has 0 atom stereocenters. The van der Waals surface area contributed by atoms with Gasteiger partial charge in [0.2, 0.25) is 0 Å². The molecule has 0 saturated heterocycles. The van der Waals surface area contributed by atoms with Gasteiger partial charge in [-0.3, -0.25) is 4.99 Å². The van der Waals surface area contributed by atoms with E-state index in [-0.39, 0.29) is 0 Å². The summed E-state index contributed by atoms with van der Waals surface area (Å²) in [5.41, 5.74) is 2.19. The van der Waals surface area contributed by atoms with E-state index in [1.165, 1.54) is 5.56 Å². The maximum Gasteiger partial charge on any atom is 0.0658 e. The summed E-state index contributed by atoms with van der Waals surface area (Å²) < 4.78 is 0. The van der Waals surface area contributed by atoms with Crippen LogP contribution in [0.4, 0.5) is 5.69 Å². The molecular weight excluding hydrogens is 182 g/mol. The molecule has 0 aliphatic carbocycles. The molecule has 0 bridgehead atoms. The minimum Gasteiger partial charge on any atom is -0.257 e. The van der Waals surface area contributed by atoms with E-state index in [0.29, 0.717) is 0 Å². The van der Waals surface area contributed by atoms with Crippen LogP contribution in [0.25, 0.3) is 0 Å². The Bertz CT molecular complexity index is 274. The first kappa shape index (κ1) is 16.1. The van der Waals surface area contributed by atoms with Crippen LogP contribution in [-0.2, 0) is 0 Å². The lowest BCUT2D eigenvalue weighted by Gasteiger charge is -1.95. The molecule has 84 valence electrons. The number of para-hydroxylation sites is 1. The summed E-state index contributed by atoms with van der Waals surface area (Å²) in [5, 5.41) is 0. The van der Waals surface area contributed by atoms with E-state index in [9.17, 15) is 0 Å². The maximum absolute atomic E-state index is 4.18. The number of benzene rings is 1. The van der Waals surface area contributed by atoms with Crippen molar-refractivity contribution in [3.63, 3.8) is 0 Å². The van der Waals surface area contributed by atoms with E-state index >= 15 is 0 Å². The molecule has 0 N–H and O–H groups in total. The van der Waals surface area contributed by atoms with Crippen molar-refractivity contribution in [3.05, 3.63) is 42.5 Å². The third-order valence-electron chi connectivity index (χ3n) is 1.43. The van der Waals surface area contributed by atoms with E-state index in [1.807, 2.05) is 58.9 Å². The minimum absolute atomic E-state index is 1.01. The van der Waals surface area contributed by atoms with Crippen molar-refractivity contribution in [1.82, 2.24) is 0 Å². The van der Waals surface area contributed by atoms with E-state index in [2.05, 4.69) is 11.6 Å². The van der Waals surface area contributed by atoms with Gasteiger partial charge in [-0.2, -0.15) is 0 Å². The van der Waals surface area contributed by atoms with Gasteiger partial charge in [0.15, 0.2) is 0 Å². The smallest absolute Gasteiger partial charge is 0.0658 e. The summed E-state index contributed by atoms with van der Waals surface area (Å²) in [6.45, 7) is 13.6. The zero-order chi connectivity index (χ0) is 12.1. The van der Waals surface area contributed by atoms with Gasteiger partial charge < -0.3 is 0 Å².